The van der Waals surface area contributed by atoms with Crippen LogP contribution in [0, 0.1) is 0 Å². The second-order valence-corrected chi connectivity index (χ2v) is 4.27. The van der Waals surface area contributed by atoms with Crippen LogP contribution in [-0.2, 0) is 6.54 Å². The lowest BCUT2D eigenvalue weighted by Crippen LogP contribution is -2.38. The average molecular weight is 205 g/mol. The Hall–Kier alpha value is -1.22. The van der Waals surface area contributed by atoms with Crippen molar-refractivity contribution in [2.75, 3.05) is 23.3 Å². The van der Waals surface area contributed by atoms with E-state index in [1.165, 1.54) is 16.9 Å². The van der Waals surface area contributed by atoms with E-state index in [0.29, 0.717) is 12.6 Å². The number of anilines is 2. The lowest BCUT2D eigenvalue weighted by atomic mass is 10.1. The van der Waals surface area contributed by atoms with Gasteiger partial charge >= 0.3 is 0 Å². The Morgan fingerprint density at radius 2 is 2.27 bits per heavy atom. The molecule has 3 heteroatoms. The molecule has 1 aliphatic heterocycles. The van der Waals surface area contributed by atoms with Crippen molar-refractivity contribution < 1.29 is 0 Å². The molecule has 1 heterocycles. The fourth-order valence-corrected chi connectivity index (χ4v) is 2.06. The summed E-state index contributed by atoms with van der Waals surface area (Å²) in [5, 5.41) is 3.42. The molecule has 0 spiro atoms. The third kappa shape index (κ3) is 1.92. The maximum Gasteiger partial charge on any atom is 0.0608 e. The first-order valence-corrected chi connectivity index (χ1v) is 5.56. The molecule has 0 aromatic heterocycles. The first-order chi connectivity index (χ1) is 7.22. The van der Waals surface area contributed by atoms with Crippen molar-refractivity contribution in [1.29, 1.82) is 0 Å². The molecular formula is C12H19N3. The molecule has 1 aliphatic rings. The maximum absolute atomic E-state index is 5.67. The Morgan fingerprint density at radius 3 is 2.93 bits per heavy atom. The number of fused-ring (bicyclic) bond motifs is 1. The highest BCUT2D eigenvalue weighted by molar-refractivity contribution is 5.73. The van der Waals surface area contributed by atoms with Gasteiger partial charge in [-0.2, -0.15) is 0 Å². The zero-order valence-electron chi connectivity index (χ0n) is 9.46. The monoisotopic (exact) mass is 205 g/mol. The van der Waals surface area contributed by atoms with Crippen LogP contribution in [0.3, 0.4) is 0 Å². The van der Waals surface area contributed by atoms with Crippen LogP contribution >= 0.6 is 0 Å². The number of hydrogen-bond donors (Lipinski definition) is 2. The highest BCUT2D eigenvalue weighted by Crippen LogP contribution is 2.31. The first kappa shape index (κ1) is 10.3. The van der Waals surface area contributed by atoms with E-state index in [-0.39, 0.29) is 0 Å². The summed E-state index contributed by atoms with van der Waals surface area (Å²) in [7, 11) is 0. The average Bonchev–Trinajstić information content (AvgIpc) is 2.27. The molecule has 1 aromatic rings. The molecule has 82 valence electrons. The minimum atomic E-state index is 0.541. The summed E-state index contributed by atoms with van der Waals surface area (Å²) in [6, 6.07) is 6.96. The fourth-order valence-electron chi connectivity index (χ4n) is 2.06. The molecule has 0 aliphatic carbocycles. The molecule has 0 amide bonds. The van der Waals surface area contributed by atoms with Gasteiger partial charge in [-0.05, 0) is 31.5 Å². The zero-order chi connectivity index (χ0) is 10.8. The molecule has 3 N–H and O–H groups in total. The van der Waals surface area contributed by atoms with Crippen molar-refractivity contribution in [2.24, 2.45) is 5.73 Å². The quantitative estimate of drug-likeness (QED) is 0.773. The predicted octanol–water partition coefficient (Wildman–Crippen LogP) is 1.79. The highest BCUT2D eigenvalue weighted by atomic mass is 15.2. The van der Waals surface area contributed by atoms with Gasteiger partial charge in [0.15, 0.2) is 0 Å². The van der Waals surface area contributed by atoms with Crippen LogP contribution in [0.5, 0.6) is 0 Å². The maximum atomic E-state index is 5.67. The molecule has 0 saturated heterocycles. The second kappa shape index (κ2) is 4.11. The van der Waals surface area contributed by atoms with Gasteiger partial charge in [0.25, 0.3) is 0 Å². The highest BCUT2D eigenvalue weighted by Gasteiger charge is 2.18. The summed E-state index contributed by atoms with van der Waals surface area (Å²) < 4.78 is 0. The predicted molar refractivity (Wildman–Crippen MR) is 65.3 cm³/mol. The van der Waals surface area contributed by atoms with Gasteiger partial charge in [0.05, 0.1) is 11.4 Å². The molecule has 15 heavy (non-hydrogen) atoms. The summed E-state index contributed by atoms with van der Waals surface area (Å²) in [6.07, 6.45) is 0. The van der Waals surface area contributed by atoms with Crippen molar-refractivity contribution in [1.82, 2.24) is 0 Å². The van der Waals surface area contributed by atoms with Gasteiger partial charge < -0.3 is 16.0 Å². The largest absolute Gasteiger partial charge is 0.382 e. The smallest absolute Gasteiger partial charge is 0.0608 e. The first-order valence-electron chi connectivity index (χ1n) is 5.56. The van der Waals surface area contributed by atoms with Crippen LogP contribution in [0.25, 0.3) is 0 Å². The Kier molecular flexibility index (Phi) is 2.82. The van der Waals surface area contributed by atoms with Gasteiger partial charge in [0.1, 0.15) is 0 Å². The van der Waals surface area contributed by atoms with Crippen LogP contribution < -0.4 is 16.0 Å². The summed E-state index contributed by atoms with van der Waals surface area (Å²) in [5.41, 5.74) is 9.38. The third-order valence-electron chi connectivity index (χ3n) is 2.90. The topological polar surface area (TPSA) is 41.3 Å². The molecular weight excluding hydrogens is 186 g/mol. The van der Waals surface area contributed by atoms with Gasteiger partial charge in [-0.25, -0.2) is 0 Å². The van der Waals surface area contributed by atoms with E-state index in [1.807, 2.05) is 0 Å². The molecule has 0 radical (unpaired) electrons. The van der Waals surface area contributed by atoms with E-state index in [0.717, 1.165) is 13.1 Å². The van der Waals surface area contributed by atoms with E-state index < -0.39 is 0 Å². The molecule has 0 bridgehead atoms. The number of nitrogens with zero attached hydrogens (tertiary/aromatic N) is 1. The second-order valence-electron chi connectivity index (χ2n) is 4.27. The van der Waals surface area contributed by atoms with E-state index in [9.17, 15) is 0 Å². The van der Waals surface area contributed by atoms with Crippen LogP contribution in [0.4, 0.5) is 11.4 Å². The lowest BCUT2D eigenvalue weighted by molar-refractivity contribution is 0.680. The van der Waals surface area contributed by atoms with Crippen LogP contribution in [0.15, 0.2) is 18.2 Å². The normalized spacial score (nSPS) is 15.1. The Labute approximate surface area is 91.3 Å². The van der Waals surface area contributed by atoms with E-state index >= 15 is 0 Å². The lowest BCUT2D eigenvalue weighted by Gasteiger charge is -2.35. The zero-order valence-corrected chi connectivity index (χ0v) is 9.46. The molecule has 3 nitrogen and oxygen atoms in total. The number of nitrogens with two attached hydrogens (primary N) is 1. The summed E-state index contributed by atoms with van der Waals surface area (Å²) in [5.74, 6) is 0. The van der Waals surface area contributed by atoms with Crippen molar-refractivity contribution >= 4 is 11.4 Å². The third-order valence-corrected chi connectivity index (χ3v) is 2.90. The van der Waals surface area contributed by atoms with E-state index in [4.69, 9.17) is 5.73 Å². The summed E-state index contributed by atoms with van der Waals surface area (Å²) >= 11 is 0. The molecule has 0 atom stereocenters. The standard InChI is InChI=1S/C12H19N3/c1-9(2)15-6-5-14-11-4-3-10(8-13)7-12(11)15/h3-4,7,9,14H,5-6,8,13H2,1-2H3. The Bertz CT molecular complexity index is 347. The molecule has 0 unspecified atom stereocenters. The summed E-state index contributed by atoms with van der Waals surface area (Å²) in [4.78, 5) is 2.42. The van der Waals surface area contributed by atoms with Crippen LogP contribution in [-0.4, -0.2) is 19.1 Å². The van der Waals surface area contributed by atoms with Gasteiger partial charge in [0.2, 0.25) is 0 Å². The fraction of sp³-hybridized carbons (Fsp3) is 0.500. The van der Waals surface area contributed by atoms with Gasteiger partial charge in [-0.15, -0.1) is 0 Å². The number of hydrogen-bond acceptors (Lipinski definition) is 3. The number of benzene rings is 1. The van der Waals surface area contributed by atoms with Crippen LogP contribution in [0.2, 0.25) is 0 Å². The van der Waals surface area contributed by atoms with Crippen LogP contribution in [0.1, 0.15) is 19.4 Å². The van der Waals surface area contributed by atoms with E-state index in [1.54, 1.807) is 0 Å². The van der Waals surface area contributed by atoms with Crippen molar-refractivity contribution in [3.8, 4) is 0 Å². The molecule has 0 fully saturated rings. The van der Waals surface area contributed by atoms with E-state index in [2.05, 4.69) is 42.3 Å². The number of rotatable bonds is 2. The Morgan fingerprint density at radius 1 is 1.47 bits per heavy atom. The van der Waals surface area contributed by atoms with Crippen molar-refractivity contribution in [3.05, 3.63) is 23.8 Å². The van der Waals surface area contributed by atoms with Gasteiger partial charge in [0, 0.05) is 25.7 Å². The van der Waals surface area contributed by atoms with Crippen molar-refractivity contribution in [2.45, 2.75) is 26.4 Å². The van der Waals surface area contributed by atoms with Gasteiger partial charge in [-0.3, -0.25) is 0 Å². The van der Waals surface area contributed by atoms with Gasteiger partial charge in [-0.1, -0.05) is 6.07 Å². The SMILES string of the molecule is CC(C)N1CCNc2ccc(CN)cc21. The minimum Gasteiger partial charge on any atom is -0.382 e. The summed E-state index contributed by atoms with van der Waals surface area (Å²) in [6.45, 7) is 7.15. The van der Waals surface area contributed by atoms with Crippen molar-refractivity contribution in [3.63, 3.8) is 0 Å². The minimum absolute atomic E-state index is 0.541. The molecule has 0 saturated carbocycles. The molecule has 2 rings (SSSR count). The number of nitrogens with one attached hydrogen (secondary N) is 1. The molecule has 1 aromatic carbocycles. The Balaban J connectivity index is 2.39.